The molecule has 7 heteroatoms. The van der Waals surface area contributed by atoms with Gasteiger partial charge >= 0.3 is 6.18 Å². The number of rotatable bonds is 6. The molecule has 0 aliphatic carbocycles. The molecule has 0 heterocycles. The predicted octanol–water partition coefficient (Wildman–Crippen LogP) is 1.12. The summed E-state index contributed by atoms with van der Waals surface area (Å²) in [6.07, 6.45) is -5.06. The second kappa shape index (κ2) is 8.16. The minimum Gasteiger partial charge on any atom is -0.396 e. The third-order valence-corrected chi connectivity index (χ3v) is 1.92. The van der Waals surface area contributed by atoms with Crippen molar-refractivity contribution in [2.45, 2.75) is 26.4 Å². The fourth-order valence-corrected chi connectivity index (χ4v) is 0.969. The number of aliphatic hydroxyl groups is 1. The highest BCUT2D eigenvalue weighted by Crippen LogP contribution is 2.17. The summed E-state index contributed by atoms with van der Waals surface area (Å²) in [5.74, 6) is 0.338. The molecule has 0 amide bonds. The highest BCUT2D eigenvalue weighted by molar-refractivity contribution is 5.79. The number of aliphatic hydroxyl groups excluding tert-OH is 1. The van der Waals surface area contributed by atoms with Crippen LogP contribution >= 0.6 is 0 Å². The van der Waals surface area contributed by atoms with Crippen molar-refractivity contribution in [1.82, 2.24) is 10.6 Å². The third kappa shape index (κ3) is 9.92. The first-order chi connectivity index (χ1) is 7.89. The number of aliphatic imine (C=N–C) groups is 1. The van der Waals surface area contributed by atoms with Crippen LogP contribution in [0, 0.1) is 5.92 Å². The van der Waals surface area contributed by atoms with Crippen LogP contribution in [0.2, 0.25) is 0 Å². The normalized spacial score (nSPS) is 14.6. The van der Waals surface area contributed by atoms with Crippen molar-refractivity contribution in [2.75, 3.05) is 26.2 Å². The van der Waals surface area contributed by atoms with E-state index in [1.165, 1.54) is 0 Å². The van der Waals surface area contributed by atoms with Gasteiger partial charge in [0, 0.05) is 26.2 Å². The molecular weight excluding hydrogens is 235 g/mol. The van der Waals surface area contributed by atoms with Crippen LogP contribution in [0.3, 0.4) is 0 Å². The van der Waals surface area contributed by atoms with Gasteiger partial charge in [-0.3, -0.25) is 4.99 Å². The molecule has 1 atom stereocenters. The summed E-state index contributed by atoms with van der Waals surface area (Å²) < 4.78 is 35.8. The molecule has 0 aromatic heterocycles. The zero-order valence-corrected chi connectivity index (χ0v) is 10.1. The Bertz CT molecular complexity index is 231. The predicted molar refractivity (Wildman–Crippen MR) is 60.9 cm³/mol. The Balaban J connectivity index is 4.05. The summed E-state index contributed by atoms with van der Waals surface area (Å²) in [4.78, 5) is 4.07. The molecule has 0 rings (SSSR count). The van der Waals surface area contributed by atoms with Crippen molar-refractivity contribution < 1.29 is 18.3 Å². The van der Waals surface area contributed by atoms with Crippen molar-refractivity contribution in [3.63, 3.8) is 0 Å². The lowest BCUT2D eigenvalue weighted by Crippen LogP contribution is -2.39. The second-order valence-corrected chi connectivity index (χ2v) is 3.80. The van der Waals surface area contributed by atoms with Gasteiger partial charge in [-0.05, 0) is 12.8 Å². The van der Waals surface area contributed by atoms with Crippen molar-refractivity contribution >= 4 is 5.96 Å². The molecule has 0 fully saturated rings. The largest absolute Gasteiger partial charge is 0.396 e. The van der Waals surface area contributed by atoms with Crippen LogP contribution in [0.15, 0.2) is 4.99 Å². The average Bonchev–Trinajstić information content (AvgIpc) is 2.23. The number of nitrogens with zero attached hydrogens (tertiary/aromatic N) is 1. The summed E-state index contributed by atoms with van der Waals surface area (Å²) in [7, 11) is 0. The van der Waals surface area contributed by atoms with Gasteiger partial charge in [-0.2, -0.15) is 13.2 Å². The molecule has 102 valence electrons. The fraction of sp³-hybridized carbons (Fsp3) is 0.900. The highest BCUT2D eigenvalue weighted by atomic mass is 19.4. The summed E-state index contributed by atoms with van der Waals surface area (Å²) in [5.41, 5.74) is 0. The monoisotopic (exact) mass is 255 g/mol. The van der Waals surface area contributed by atoms with E-state index in [4.69, 9.17) is 5.11 Å². The van der Waals surface area contributed by atoms with Crippen LogP contribution in [0.4, 0.5) is 13.2 Å². The van der Waals surface area contributed by atoms with Gasteiger partial charge in [0.25, 0.3) is 0 Å². The summed E-state index contributed by atoms with van der Waals surface area (Å²) in [5, 5.41) is 14.2. The van der Waals surface area contributed by atoms with E-state index in [1.54, 1.807) is 0 Å². The van der Waals surface area contributed by atoms with E-state index in [0.717, 1.165) is 0 Å². The Morgan fingerprint density at radius 2 is 2.00 bits per heavy atom. The van der Waals surface area contributed by atoms with Gasteiger partial charge in [-0.1, -0.05) is 6.92 Å². The van der Waals surface area contributed by atoms with Crippen LogP contribution in [-0.4, -0.2) is 43.5 Å². The molecule has 0 aromatic carbocycles. The smallest absolute Gasteiger partial charge is 0.390 e. The average molecular weight is 255 g/mol. The molecule has 3 N–H and O–H groups in total. The SMILES string of the molecule is CCNC(=NCC(C)CO)NCCC(F)(F)F. The van der Waals surface area contributed by atoms with E-state index in [2.05, 4.69) is 15.6 Å². The van der Waals surface area contributed by atoms with Crippen LogP contribution in [0.1, 0.15) is 20.3 Å². The highest BCUT2D eigenvalue weighted by Gasteiger charge is 2.26. The number of alkyl halides is 3. The number of guanidine groups is 1. The van der Waals surface area contributed by atoms with E-state index in [1.807, 2.05) is 13.8 Å². The maximum absolute atomic E-state index is 11.9. The van der Waals surface area contributed by atoms with E-state index < -0.39 is 12.6 Å². The summed E-state index contributed by atoms with van der Waals surface area (Å²) in [6, 6.07) is 0. The Hall–Kier alpha value is -0.980. The third-order valence-electron chi connectivity index (χ3n) is 1.92. The van der Waals surface area contributed by atoms with E-state index in [-0.39, 0.29) is 19.1 Å². The quantitative estimate of drug-likeness (QED) is 0.492. The van der Waals surface area contributed by atoms with Crippen LogP contribution in [0.5, 0.6) is 0 Å². The molecule has 0 aliphatic rings. The second-order valence-electron chi connectivity index (χ2n) is 3.80. The van der Waals surface area contributed by atoms with Gasteiger partial charge in [-0.15, -0.1) is 0 Å². The molecule has 0 aliphatic heterocycles. The molecule has 0 saturated heterocycles. The Labute approximate surface area is 99.3 Å². The fourth-order valence-electron chi connectivity index (χ4n) is 0.969. The maximum Gasteiger partial charge on any atom is 0.390 e. The first-order valence-electron chi connectivity index (χ1n) is 5.58. The molecule has 17 heavy (non-hydrogen) atoms. The van der Waals surface area contributed by atoms with Gasteiger partial charge in [0.05, 0.1) is 6.42 Å². The van der Waals surface area contributed by atoms with Crippen LogP contribution < -0.4 is 10.6 Å². The van der Waals surface area contributed by atoms with Crippen molar-refractivity contribution in [3.8, 4) is 0 Å². The minimum atomic E-state index is -4.16. The van der Waals surface area contributed by atoms with Gasteiger partial charge in [0.15, 0.2) is 5.96 Å². The maximum atomic E-state index is 11.9. The number of nitrogens with one attached hydrogen (secondary N) is 2. The Morgan fingerprint density at radius 3 is 2.47 bits per heavy atom. The zero-order chi connectivity index (χ0) is 13.3. The van der Waals surface area contributed by atoms with Crippen molar-refractivity contribution in [2.24, 2.45) is 10.9 Å². The van der Waals surface area contributed by atoms with Crippen molar-refractivity contribution in [1.29, 1.82) is 0 Å². The molecule has 0 bridgehead atoms. The lowest BCUT2D eigenvalue weighted by Gasteiger charge is -2.13. The molecule has 1 unspecified atom stereocenters. The zero-order valence-electron chi connectivity index (χ0n) is 10.1. The van der Waals surface area contributed by atoms with Gasteiger partial charge in [0.1, 0.15) is 0 Å². The number of halogens is 3. The Kier molecular flexibility index (Phi) is 7.69. The van der Waals surface area contributed by atoms with Gasteiger partial charge in [-0.25, -0.2) is 0 Å². The van der Waals surface area contributed by atoms with Gasteiger partial charge in [0.2, 0.25) is 0 Å². The minimum absolute atomic E-state index is 0.00541. The van der Waals surface area contributed by atoms with Gasteiger partial charge < -0.3 is 15.7 Å². The van der Waals surface area contributed by atoms with E-state index in [9.17, 15) is 13.2 Å². The molecule has 0 radical (unpaired) electrons. The lowest BCUT2D eigenvalue weighted by atomic mass is 10.2. The number of hydrogen-bond acceptors (Lipinski definition) is 2. The first kappa shape index (κ1) is 16.0. The molecule has 0 saturated carbocycles. The molecular formula is C10H20F3N3O. The molecule has 4 nitrogen and oxygen atoms in total. The standard InChI is InChI=1S/C10H20F3N3O/c1-3-14-9(16-6-8(2)7-17)15-5-4-10(11,12)13/h8,17H,3-7H2,1-2H3,(H2,14,15,16). The van der Waals surface area contributed by atoms with E-state index in [0.29, 0.717) is 19.0 Å². The Morgan fingerprint density at radius 1 is 1.35 bits per heavy atom. The van der Waals surface area contributed by atoms with Crippen LogP contribution in [-0.2, 0) is 0 Å². The summed E-state index contributed by atoms with van der Waals surface area (Å²) >= 11 is 0. The topological polar surface area (TPSA) is 56.7 Å². The van der Waals surface area contributed by atoms with E-state index >= 15 is 0 Å². The molecule has 0 aromatic rings. The first-order valence-corrected chi connectivity index (χ1v) is 5.58. The van der Waals surface area contributed by atoms with Crippen LogP contribution in [0.25, 0.3) is 0 Å². The lowest BCUT2D eigenvalue weighted by molar-refractivity contribution is -0.132. The summed E-state index contributed by atoms with van der Waals surface area (Å²) in [6.45, 7) is 4.39. The number of hydrogen-bond donors (Lipinski definition) is 3. The van der Waals surface area contributed by atoms with Crippen molar-refractivity contribution in [3.05, 3.63) is 0 Å². The molecule has 0 spiro atoms.